The maximum atomic E-state index is 12.6. The summed E-state index contributed by atoms with van der Waals surface area (Å²) in [6, 6.07) is 3.01. The molecule has 9 nitrogen and oxygen atoms in total. The second kappa shape index (κ2) is 8.22. The van der Waals surface area contributed by atoms with Gasteiger partial charge in [0.25, 0.3) is 11.6 Å². The maximum Gasteiger partial charge on any atom is 0.345 e. The largest absolute Gasteiger partial charge is 0.449 e. The summed E-state index contributed by atoms with van der Waals surface area (Å²) in [5.41, 5.74) is -0.850. The van der Waals surface area contributed by atoms with Crippen LogP contribution in [0.25, 0.3) is 0 Å². The van der Waals surface area contributed by atoms with Crippen molar-refractivity contribution in [2.45, 2.75) is 32.4 Å². The average Bonchev–Trinajstić information content (AvgIpc) is 2.94. The number of hydrogen-bond acceptors (Lipinski definition) is 7. The molecule has 27 heavy (non-hydrogen) atoms. The molecule has 148 valence electrons. The normalized spacial score (nSPS) is 19.3. The number of likely N-dealkylation sites (N-methyl/N-ethyl adjacent to an activating group) is 1. The first-order chi connectivity index (χ1) is 12.6. The molecule has 0 N–H and O–H groups in total. The number of esters is 1. The summed E-state index contributed by atoms with van der Waals surface area (Å²) >= 11 is 5.71. The molecule has 0 aliphatic carbocycles. The first-order valence-electron chi connectivity index (χ1n) is 8.21. The maximum absolute atomic E-state index is 12.6. The molecule has 0 spiro atoms. The molecular formula is C16H19ClN2O7S. The topological polar surface area (TPSA) is 124 Å². The number of carbonyl (C=O) groups is 2. The minimum absolute atomic E-state index is 0.00653. The molecule has 1 fully saturated rings. The molecule has 0 radical (unpaired) electrons. The second-order valence-electron chi connectivity index (χ2n) is 6.15. The lowest BCUT2D eigenvalue weighted by atomic mass is 10.1. The van der Waals surface area contributed by atoms with Crippen LogP contribution in [0.1, 0.15) is 30.6 Å². The number of nitro benzene ring substituents is 1. The fraction of sp³-hybridized carbons (Fsp3) is 0.500. The number of halogens is 1. The average molecular weight is 419 g/mol. The summed E-state index contributed by atoms with van der Waals surface area (Å²) < 4.78 is 28.4. The van der Waals surface area contributed by atoms with Crippen LogP contribution < -0.4 is 0 Å². The Balaban J connectivity index is 2.14. The van der Waals surface area contributed by atoms with Gasteiger partial charge in [0.1, 0.15) is 5.56 Å². The van der Waals surface area contributed by atoms with E-state index < -0.39 is 44.5 Å². The highest BCUT2D eigenvalue weighted by Gasteiger charge is 2.36. The van der Waals surface area contributed by atoms with E-state index in [0.717, 1.165) is 12.1 Å². The molecule has 0 saturated carbocycles. The van der Waals surface area contributed by atoms with Gasteiger partial charge in [-0.25, -0.2) is 13.2 Å². The van der Waals surface area contributed by atoms with E-state index in [1.807, 2.05) is 0 Å². The van der Waals surface area contributed by atoms with Gasteiger partial charge in [0, 0.05) is 23.7 Å². The molecule has 1 saturated heterocycles. The highest BCUT2D eigenvalue weighted by atomic mass is 35.5. The Labute approximate surface area is 161 Å². The molecule has 1 aromatic carbocycles. The molecule has 0 unspecified atom stereocenters. The van der Waals surface area contributed by atoms with Crippen molar-refractivity contribution in [3.63, 3.8) is 0 Å². The zero-order valence-corrected chi connectivity index (χ0v) is 16.3. The third-order valence-corrected chi connectivity index (χ3v) is 6.27. The second-order valence-corrected chi connectivity index (χ2v) is 8.81. The summed E-state index contributed by atoms with van der Waals surface area (Å²) in [5, 5.41) is 11.2. The minimum Gasteiger partial charge on any atom is -0.449 e. The van der Waals surface area contributed by atoms with Crippen LogP contribution in [0.5, 0.6) is 0 Å². The lowest BCUT2D eigenvalue weighted by Crippen LogP contribution is -2.46. The Morgan fingerprint density at radius 1 is 1.44 bits per heavy atom. The molecule has 1 amide bonds. The van der Waals surface area contributed by atoms with E-state index >= 15 is 0 Å². The summed E-state index contributed by atoms with van der Waals surface area (Å²) in [6.07, 6.45) is -0.901. The van der Waals surface area contributed by atoms with E-state index in [0.29, 0.717) is 6.42 Å². The summed E-state index contributed by atoms with van der Waals surface area (Å²) in [6.45, 7) is 3.29. The van der Waals surface area contributed by atoms with Gasteiger partial charge in [0.05, 0.1) is 16.4 Å². The van der Waals surface area contributed by atoms with Crippen LogP contribution in [-0.4, -0.2) is 60.3 Å². The fourth-order valence-corrected chi connectivity index (χ4v) is 4.85. The van der Waals surface area contributed by atoms with Gasteiger partial charge in [-0.15, -0.1) is 0 Å². The van der Waals surface area contributed by atoms with Crippen LogP contribution in [0, 0.1) is 10.1 Å². The van der Waals surface area contributed by atoms with Gasteiger partial charge in [0.2, 0.25) is 0 Å². The van der Waals surface area contributed by atoms with Gasteiger partial charge >= 0.3 is 5.97 Å². The Hall–Kier alpha value is -2.20. The van der Waals surface area contributed by atoms with Gasteiger partial charge < -0.3 is 9.64 Å². The van der Waals surface area contributed by atoms with E-state index in [1.54, 1.807) is 6.92 Å². The van der Waals surface area contributed by atoms with Crippen LogP contribution in [0.4, 0.5) is 5.69 Å². The van der Waals surface area contributed by atoms with E-state index in [1.165, 1.54) is 17.9 Å². The molecule has 2 rings (SSSR count). The molecule has 0 bridgehead atoms. The molecule has 11 heteroatoms. The monoisotopic (exact) mass is 418 g/mol. The van der Waals surface area contributed by atoms with Crippen LogP contribution in [0.15, 0.2) is 18.2 Å². The Morgan fingerprint density at radius 2 is 2.11 bits per heavy atom. The first-order valence-corrected chi connectivity index (χ1v) is 10.4. The highest BCUT2D eigenvalue weighted by molar-refractivity contribution is 7.91. The van der Waals surface area contributed by atoms with Crippen LogP contribution in [-0.2, 0) is 19.4 Å². The Kier molecular flexibility index (Phi) is 6.42. The molecular weight excluding hydrogens is 400 g/mol. The third-order valence-electron chi connectivity index (χ3n) is 4.28. The van der Waals surface area contributed by atoms with Crippen LogP contribution in [0.2, 0.25) is 5.02 Å². The number of amides is 1. The van der Waals surface area contributed by atoms with Crippen molar-refractivity contribution in [3.05, 3.63) is 38.9 Å². The van der Waals surface area contributed by atoms with Gasteiger partial charge in [-0.2, -0.15) is 0 Å². The standard InChI is InChI=1S/C16H19ClN2O7S/c1-3-18(12-6-7-27(24,25)9-12)15(20)10(2)26-16(21)13-5-4-11(17)8-14(13)19(22)23/h4-5,8,10,12H,3,6-7,9H2,1-2H3/t10-,12-/m1/s1. The number of ether oxygens (including phenoxy) is 1. The van der Waals surface area contributed by atoms with Gasteiger partial charge in [-0.1, -0.05) is 11.6 Å². The Morgan fingerprint density at radius 3 is 2.63 bits per heavy atom. The minimum atomic E-state index is -3.18. The smallest absolute Gasteiger partial charge is 0.345 e. The Bertz CT molecular complexity index is 872. The van der Waals surface area contributed by atoms with E-state index in [-0.39, 0.29) is 28.6 Å². The molecule has 1 aliphatic heterocycles. The zero-order valence-electron chi connectivity index (χ0n) is 14.8. The number of rotatable bonds is 6. The van der Waals surface area contributed by atoms with Crippen molar-refractivity contribution in [3.8, 4) is 0 Å². The van der Waals surface area contributed by atoms with Crippen molar-refractivity contribution >= 4 is 39.0 Å². The third kappa shape index (κ3) is 4.95. The van der Waals surface area contributed by atoms with Gasteiger partial charge in [-0.05, 0) is 32.4 Å². The number of benzene rings is 1. The molecule has 1 aliphatic rings. The molecule has 2 atom stereocenters. The van der Waals surface area contributed by atoms with Crippen molar-refractivity contribution in [2.75, 3.05) is 18.1 Å². The summed E-state index contributed by atoms with van der Waals surface area (Å²) in [4.78, 5) is 36.6. The SMILES string of the molecule is CCN(C(=O)[C@@H](C)OC(=O)c1ccc(Cl)cc1[N+](=O)[O-])[C@@H]1CCS(=O)(=O)C1. The van der Waals surface area contributed by atoms with Gasteiger partial charge in [0.15, 0.2) is 15.9 Å². The van der Waals surface area contributed by atoms with Crippen molar-refractivity contribution in [2.24, 2.45) is 0 Å². The quantitative estimate of drug-likeness (QED) is 0.392. The number of carbonyl (C=O) groups excluding carboxylic acids is 2. The lowest BCUT2D eigenvalue weighted by molar-refractivity contribution is -0.385. The summed E-state index contributed by atoms with van der Waals surface area (Å²) in [7, 11) is -3.18. The summed E-state index contributed by atoms with van der Waals surface area (Å²) in [5.74, 6) is -1.71. The number of sulfone groups is 1. The molecule has 0 aromatic heterocycles. The highest BCUT2D eigenvalue weighted by Crippen LogP contribution is 2.25. The van der Waals surface area contributed by atoms with Crippen molar-refractivity contribution in [1.29, 1.82) is 0 Å². The first kappa shape index (κ1) is 21.1. The van der Waals surface area contributed by atoms with E-state index in [9.17, 15) is 28.1 Å². The number of nitrogens with zero attached hydrogens (tertiary/aromatic N) is 2. The predicted octanol–water partition coefficient (Wildman–Crippen LogP) is 1.83. The number of nitro groups is 1. The van der Waals surface area contributed by atoms with E-state index in [4.69, 9.17) is 16.3 Å². The zero-order chi connectivity index (χ0) is 20.4. The van der Waals surface area contributed by atoms with Crippen molar-refractivity contribution < 1.29 is 27.7 Å². The fourth-order valence-electron chi connectivity index (χ4n) is 2.95. The van der Waals surface area contributed by atoms with Crippen molar-refractivity contribution in [1.82, 2.24) is 4.90 Å². The number of hydrogen-bond donors (Lipinski definition) is 0. The van der Waals surface area contributed by atoms with Gasteiger partial charge in [-0.3, -0.25) is 14.9 Å². The van der Waals surface area contributed by atoms with Crippen LogP contribution >= 0.6 is 11.6 Å². The predicted molar refractivity (Wildman–Crippen MR) is 97.4 cm³/mol. The molecule has 1 heterocycles. The lowest BCUT2D eigenvalue weighted by Gasteiger charge is -2.29. The van der Waals surface area contributed by atoms with Crippen LogP contribution in [0.3, 0.4) is 0 Å². The molecule has 1 aromatic rings. The van der Waals surface area contributed by atoms with E-state index in [2.05, 4.69) is 0 Å².